The quantitative estimate of drug-likeness (QED) is 0.811. The molecule has 1 unspecified atom stereocenters. The van der Waals surface area contributed by atoms with Crippen molar-refractivity contribution in [3.05, 3.63) is 16.1 Å². The number of hydrogen-bond acceptors (Lipinski definition) is 3. The monoisotopic (exact) mass is 210 g/mol. The zero-order chi connectivity index (χ0) is 9.97. The van der Waals surface area contributed by atoms with E-state index >= 15 is 0 Å². The van der Waals surface area contributed by atoms with Gasteiger partial charge in [0.2, 0.25) is 0 Å². The molecule has 0 amide bonds. The highest BCUT2D eigenvalue weighted by molar-refractivity contribution is 7.09. The molecule has 1 aromatic rings. The van der Waals surface area contributed by atoms with Gasteiger partial charge < -0.3 is 5.32 Å². The van der Waals surface area contributed by atoms with Crippen LogP contribution in [-0.2, 0) is 0 Å². The van der Waals surface area contributed by atoms with E-state index in [2.05, 4.69) is 29.5 Å². The molecule has 0 spiro atoms. The second kappa shape index (κ2) is 4.41. The second-order valence-electron chi connectivity index (χ2n) is 4.27. The SMILES string of the molecule is CC(C)c1nc(C2CCCCN2)cs1. The summed E-state index contributed by atoms with van der Waals surface area (Å²) in [5.74, 6) is 0.567. The first-order valence-corrected chi connectivity index (χ1v) is 6.34. The van der Waals surface area contributed by atoms with Crippen molar-refractivity contribution >= 4 is 11.3 Å². The summed E-state index contributed by atoms with van der Waals surface area (Å²) >= 11 is 1.80. The minimum absolute atomic E-state index is 0.521. The van der Waals surface area contributed by atoms with E-state index in [0.717, 1.165) is 6.54 Å². The molecule has 78 valence electrons. The Hall–Kier alpha value is -0.410. The minimum Gasteiger partial charge on any atom is -0.309 e. The van der Waals surface area contributed by atoms with Crippen LogP contribution < -0.4 is 5.32 Å². The second-order valence-corrected chi connectivity index (χ2v) is 5.16. The van der Waals surface area contributed by atoms with E-state index in [1.807, 2.05) is 0 Å². The molecule has 3 heteroatoms. The van der Waals surface area contributed by atoms with Crippen LogP contribution in [0, 0.1) is 0 Å². The van der Waals surface area contributed by atoms with E-state index in [-0.39, 0.29) is 0 Å². The van der Waals surface area contributed by atoms with Gasteiger partial charge in [-0.15, -0.1) is 11.3 Å². The maximum Gasteiger partial charge on any atom is 0.0954 e. The number of nitrogens with zero attached hydrogens (tertiary/aromatic N) is 1. The van der Waals surface area contributed by atoms with E-state index in [1.165, 1.54) is 30.0 Å². The third-order valence-electron chi connectivity index (χ3n) is 2.70. The number of hydrogen-bond donors (Lipinski definition) is 1. The fourth-order valence-corrected chi connectivity index (χ4v) is 2.72. The van der Waals surface area contributed by atoms with Crippen LogP contribution in [-0.4, -0.2) is 11.5 Å². The van der Waals surface area contributed by atoms with E-state index in [0.29, 0.717) is 12.0 Å². The first-order valence-electron chi connectivity index (χ1n) is 5.46. The number of aromatic nitrogens is 1. The van der Waals surface area contributed by atoms with Gasteiger partial charge in [-0.05, 0) is 19.4 Å². The molecule has 1 aromatic heterocycles. The van der Waals surface area contributed by atoms with Crippen molar-refractivity contribution in [1.82, 2.24) is 10.3 Å². The van der Waals surface area contributed by atoms with Crippen LogP contribution in [0.1, 0.15) is 55.8 Å². The third-order valence-corrected chi connectivity index (χ3v) is 3.86. The summed E-state index contributed by atoms with van der Waals surface area (Å²) in [6, 6.07) is 0.521. The largest absolute Gasteiger partial charge is 0.309 e. The van der Waals surface area contributed by atoms with E-state index < -0.39 is 0 Å². The van der Waals surface area contributed by atoms with Gasteiger partial charge in [-0.1, -0.05) is 20.3 Å². The van der Waals surface area contributed by atoms with Crippen molar-refractivity contribution in [2.24, 2.45) is 0 Å². The lowest BCUT2D eigenvalue weighted by atomic mass is 10.0. The molecule has 1 saturated heterocycles. The highest BCUT2D eigenvalue weighted by Crippen LogP contribution is 2.27. The Morgan fingerprint density at radius 2 is 2.36 bits per heavy atom. The lowest BCUT2D eigenvalue weighted by Gasteiger charge is -2.21. The van der Waals surface area contributed by atoms with Gasteiger partial charge in [0.05, 0.1) is 16.7 Å². The van der Waals surface area contributed by atoms with Gasteiger partial charge in [0.25, 0.3) is 0 Å². The summed E-state index contributed by atoms with van der Waals surface area (Å²) in [4.78, 5) is 4.69. The molecule has 1 atom stereocenters. The molecule has 0 bridgehead atoms. The zero-order valence-corrected chi connectivity index (χ0v) is 9.73. The smallest absolute Gasteiger partial charge is 0.0954 e. The van der Waals surface area contributed by atoms with E-state index in [9.17, 15) is 0 Å². The lowest BCUT2D eigenvalue weighted by Crippen LogP contribution is -2.26. The zero-order valence-electron chi connectivity index (χ0n) is 8.92. The van der Waals surface area contributed by atoms with Crippen molar-refractivity contribution in [3.63, 3.8) is 0 Å². The molecule has 2 heterocycles. The number of nitrogens with one attached hydrogen (secondary N) is 1. The average molecular weight is 210 g/mol. The van der Waals surface area contributed by atoms with Gasteiger partial charge in [0.15, 0.2) is 0 Å². The standard InChI is InChI=1S/C11H18N2S/c1-8(2)11-13-10(7-14-11)9-5-3-4-6-12-9/h7-9,12H,3-6H2,1-2H3. The molecule has 2 rings (SSSR count). The maximum atomic E-state index is 4.69. The van der Waals surface area contributed by atoms with Crippen LogP contribution in [0.25, 0.3) is 0 Å². The van der Waals surface area contributed by atoms with E-state index in [1.54, 1.807) is 11.3 Å². The summed E-state index contributed by atoms with van der Waals surface area (Å²) in [5.41, 5.74) is 1.26. The summed E-state index contributed by atoms with van der Waals surface area (Å²) in [7, 11) is 0. The molecule has 0 saturated carbocycles. The third kappa shape index (κ3) is 2.15. The van der Waals surface area contributed by atoms with Crippen molar-refractivity contribution in [1.29, 1.82) is 0 Å². The Morgan fingerprint density at radius 3 is 2.93 bits per heavy atom. The Kier molecular flexibility index (Phi) is 3.19. The molecule has 2 nitrogen and oxygen atoms in total. The first kappa shape index (κ1) is 10.1. The molecule has 1 N–H and O–H groups in total. The predicted octanol–water partition coefficient (Wildman–Crippen LogP) is 3.08. The molecular weight excluding hydrogens is 192 g/mol. The van der Waals surface area contributed by atoms with Gasteiger partial charge in [0, 0.05) is 11.3 Å². The van der Waals surface area contributed by atoms with Gasteiger partial charge in [-0.25, -0.2) is 4.98 Å². The highest BCUT2D eigenvalue weighted by Gasteiger charge is 2.17. The Balaban J connectivity index is 2.07. The molecule has 1 aliphatic rings. The van der Waals surface area contributed by atoms with Crippen molar-refractivity contribution in [2.45, 2.75) is 45.1 Å². The molecular formula is C11H18N2S. The molecule has 1 fully saturated rings. The highest BCUT2D eigenvalue weighted by atomic mass is 32.1. The lowest BCUT2D eigenvalue weighted by molar-refractivity contribution is 0.406. The summed E-state index contributed by atoms with van der Waals surface area (Å²) in [5, 5.41) is 7.02. The fourth-order valence-electron chi connectivity index (χ4n) is 1.83. The Labute approximate surface area is 89.8 Å². The van der Waals surface area contributed by atoms with Crippen molar-refractivity contribution in [2.75, 3.05) is 6.54 Å². The van der Waals surface area contributed by atoms with Crippen LogP contribution in [0.3, 0.4) is 0 Å². The number of thiazole rings is 1. The average Bonchev–Trinajstić information content (AvgIpc) is 2.68. The van der Waals surface area contributed by atoms with E-state index in [4.69, 9.17) is 0 Å². The van der Waals surface area contributed by atoms with Crippen LogP contribution in [0.15, 0.2) is 5.38 Å². The molecule has 0 radical (unpaired) electrons. The first-order chi connectivity index (χ1) is 6.77. The van der Waals surface area contributed by atoms with Gasteiger partial charge in [-0.2, -0.15) is 0 Å². The minimum atomic E-state index is 0.521. The Morgan fingerprint density at radius 1 is 1.50 bits per heavy atom. The Bertz CT molecular complexity index is 287. The maximum absolute atomic E-state index is 4.69. The van der Waals surface area contributed by atoms with Gasteiger partial charge in [0.1, 0.15) is 0 Å². The number of rotatable bonds is 2. The van der Waals surface area contributed by atoms with Crippen LogP contribution in [0.2, 0.25) is 0 Å². The molecule has 14 heavy (non-hydrogen) atoms. The van der Waals surface area contributed by atoms with Gasteiger partial charge >= 0.3 is 0 Å². The van der Waals surface area contributed by atoms with Crippen LogP contribution in [0.5, 0.6) is 0 Å². The molecule has 0 aromatic carbocycles. The molecule has 0 aliphatic carbocycles. The summed E-state index contributed by atoms with van der Waals surface area (Å²) in [6.07, 6.45) is 3.91. The summed E-state index contributed by atoms with van der Waals surface area (Å²) in [6.45, 7) is 5.56. The topological polar surface area (TPSA) is 24.9 Å². The van der Waals surface area contributed by atoms with Crippen molar-refractivity contribution in [3.8, 4) is 0 Å². The van der Waals surface area contributed by atoms with Crippen LogP contribution in [0.4, 0.5) is 0 Å². The van der Waals surface area contributed by atoms with Crippen molar-refractivity contribution < 1.29 is 0 Å². The van der Waals surface area contributed by atoms with Crippen LogP contribution >= 0.6 is 11.3 Å². The van der Waals surface area contributed by atoms with Gasteiger partial charge in [-0.3, -0.25) is 0 Å². The molecule has 1 aliphatic heterocycles. The normalized spacial score (nSPS) is 22.9. The fraction of sp³-hybridized carbons (Fsp3) is 0.727. The predicted molar refractivity (Wildman–Crippen MR) is 60.8 cm³/mol. The summed E-state index contributed by atoms with van der Waals surface area (Å²) < 4.78 is 0. The number of piperidine rings is 1.